The van der Waals surface area contributed by atoms with Crippen molar-refractivity contribution < 1.29 is 34.1 Å². The van der Waals surface area contributed by atoms with Crippen molar-refractivity contribution in [1.82, 2.24) is 0 Å². The van der Waals surface area contributed by atoms with Crippen molar-refractivity contribution in [3.05, 3.63) is 24.3 Å². The number of aliphatic carboxylic acids is 2. The first-order valence-electron chi connectivity index (χ1n) is 5.18. The number of carboxylic acids is 2. The topological polar surface area (TPSA) is 118 Å². The Bertz CT molecular complexity index is 379. The third kappa shape index (κ3) is 15.6. The minimum atomic E-state index is -1.08. The van der Waals surface area contributed by atoms with Gasteiger partial charge in [-0.2, -0.15) is 0 Å². The van der Waals surface area contributed by atoms with Crippen molar-refractivity contribution in [2.24, 2.45) is 0 Å². The van der Waals surface area contributed by atoms with Crippen LogP contribution in [-0.4, -0.2) is 34.1 Å². The molecule has 7 heteroatoms. The van der Waals surface area contributed by atoms with E-state index in [1.54, 1.807) is 6.92 Å². The van der Waals surface area contributed by atoms with Crippen molar-refractivity contribution >= 4 is 23.9 Å². The van der Waals surface area contributed by atoms with Crippen LogP contribution in [0.3, 0.4) is 0 Å². The zero-order valence-corrected chi connectivity index (χ0v) is 10.7. The zero-order valence-electron chi connectivity index (χ0n) is 10.7. The molecule has 0 atom stereocenters. The lowest BCUT2D eigenvalue weighted by atomic mass is 10.3. The van der Waals surface area contributed by atoms with E-state index in [4.69, 9.17) is 10.2 Å². The molecule has 0 saturated heterocycles. The molecule has 0 aliphatic heterocycles. The van der Waals surface area contributed by atoms with Gasteiger partial charge in [0.15, 0.2) is 0 Å². The van der Waals surface area contributed by atoms with Gasteiger partial charge in [0.25, 0.3) is 0 Å². The molecule has 19 heavy (non-hydrogen) atoms. The van der Waals surface area contributed by atoms with E-state index in [1.165, 1.54) is 19.1 Å². The van der Waals surface area contributed by atoms with Crippen LogP contribution in [0.15, 0.2) is 24.3 Å². The Morgan fingerprint density at radius 2 is 1.53 bits per heavy atom. The van der Waals surface area contributed by atoms with Crippen LogP contribution in [0, 0.1) is 0 Å². The first-order valence-corrected chi connectivity index (χ1v) is 5.18. The van der Waals surface area contributed by atoms with Gasteiger partial charge in [0.2, 0.25) is 0 Å². The average molecular weight is 272 g/mol. The van der Waals surface area contributed by atoms with E-state index in [0.717, 1.165) is 0 Å². The van der Waals surface area contributed by atoms with E-state index in [9.17, 15) is 19.2 Å². The van der Waals surface area contributed by atoms with Crippen molar-refractivity contribution in [1.29, 1.82) is 0 Å². The van der Waals surface area contributed by atoms with Crippen LogP contribution in [0.2, 0.25) is 0 Å². The van der Waals surface area contributed by atoms with Crippen LogP contribution in [0.1, 0.15) is 26.7 Å². The average Bonchev–Trinajstić information content (AvgIpc) is 2.27. The number of hydrogen-bond donors (Lipinski definition) is 2. The molecular formula is C12H16O7. The molecule has 0 aromatic carbocycles. The van der Waals surface area contributed by atoms with Crippen molar-refractivity contribution in [3.63, 3.8) is 0 Å². The molecule has 0 radical (unpaired) electrons. The molecule has 2 N–H and O–H groups in total. The molecule has 0 bridgehead atoms. The molecule has 0 rings (SSSR count). The van der Waals surface area contributed by atoms with Crippen LogP contribution in [0.25, 0.3) is 0 Å². The summed E-state index contributed by atoms with van der Waals surface area (Å²) >= 11 is 0. The first-order chi connectivity index (χ1) is 8.70. The Labute approximate surface area is 110 Å². The Kier molecular flexibility index (Phi) is 10.6. The molecule has 0 amide bonds. The summed E-state index contributed by atoms with van der Waals surface area (Å²) in [6, 6.07) is 0. The maximum absolute atomic E-state index is 10.7. The minimum Gasteiger partial charge on any atom is -0.481 e. The third-order valence-corrected chi connectivity index (χ3v) is 1.40. The normalized spacial score (nSPS) is 9.16. The Morgan fingerprint density at radius 1 is 1.11 bits per heavy atom. The second kappa shape index (κ2) is 10.7. The highest BCUT2D eigenvalue weighted by atomic mass is 16.6. The van der Waals surface area contributed by atoms with Crippen LogP contribution >= 0.6 is 0 Å². The standard InChI is InChI=1S/C8H10O3.C4H6O4/c1-4-5-7(9)11-8(10)6(2)3;5-3(6)1-2-4(7)8/h4-5H,2H2,1,3H3;1-2H2,(H,5,6)(H,7,8). The van der Waals surface area contributed by atoms with Gasteiger partial charge in [0, 0.05) is 11.6 Å². The Hall–Kier alpha value is -2.44. The smallest absolute Gasteiger partial charge is 0.340 e. The van der Waals surface area contributed by atoms with Gasteiger partial charge in [0.1, 0.15) is 0 Å². The fourth-order valence-electron chi connectivity index (χ4n) is 0.562. The predicted octanol–water partition coefficient (Wildman–Crippen LogP) is 1.14. The SMILES string of the molecule is C=C(C)C(=O)OC(=O)C=CC.O=C(O)CCC(=O)O. The quantitative estimate of drug-likeness (QED) is 0.437. The van der Waals surface area contributed by atoms with Crippen LogP contribution in [0.4, 0.5) is 0 Å². The van der Waals surface area contributed by atoms with Gasteiger partial charge in [-0.05, 0) is 13.8 Å². The summed E-state index contributed by atoms with van der Waals surface area (Å²) in [7, 11) is 0. The molecule has 0 aromatic heterocycles. The van der Waals surface area contributed by atoms with E-state index in [-0.39, 0.29) is 18.4 Å². The second-order valence-electron chi connectivity index (χ2n) is 3.28. The summed E-state index contributed by atoms with van der Waals surface area (Å²) in [5.41, 5.74) is 0.211. The minimum absolute atomic E-state index is 0.211. The fourth-order valence-corrected chi connectivity index (χ4v) is 0.562. The summed E-state index contributed by atoms with van der Waals surface area (Å²) in [6.07, 6.45) is 2.07. The Balaban J connectivity index is 0. The summed E-state index contributed by atoms with van der Waals surface area (Å²) in [6.45, 7) is 6.45. The maximum atomic E-state index is 10.7. The van der Waals surface area contributed by atoms with E-state index < -0.39 is 23.9 Å². The molecular weight excluding hydrogens is 256 g/mol. The monoisotopic (exact) mass is 272 g/mol. The molecule has 0 aliphatic rings. The largest absolute Gasteiger partial charge is 0.481 e. The highest BCUT2D eigenvalue weighted by molar-refractivity contribution is 5.98. The first kappa shape index (κ1) is 18.9. The summed E-state index contributed by atoms with van der Waals surface area (Å²) < 4.78 is 4.29. The van der Waals surface area contributed by atoms with Crippen molar-refractivity contribution in [2.75, 3.05) is 0 Å². The lowest BCUT2D eigenvalue weighted by molar-refractivity contribution is -0.153. The summed E-state index contributed by atoms with van der Waals surface area (Å²) in [4.78, 5) is 40.5. The predicted molar refractivity (Wildman–Crippen MR) is 65.2 cm³/mol. The van der Waals surface area contributed by atoms with Crippen molar-refractivity contribution in [2.45, 2.75) is 26.7 Å². The number of carbonyl (C=O) groups is 4. The number of allylic oxidation sites excluding steroid dienone is 1. The van der Waals surface area contributed by atoms with Gasteiger partial charge < -0.3 is 14.9 Å². The number of hydrogen-bond acceptors (Lipinski definition) is 5. The molecule has 0 heterocycles. The maximum Gasteiger partial charge on any atom is 0.340 e. The summed E-state index contributed by atoms with van der Waals surface area (Å²) in [5, 5.41) is 15.8. The number of ether oxygens (including phenoxy) is 1. The molecule has 0 aromatic rings. The third-order valence-electron chi connectivity index (χ3n) is 1.40. The molecule has 0 saturated carbocycles. The lowest BCUT2D eigenvalue weighted by Gasteiger charge is -1.96. The highest BCUT2D eigenvalue weighted by Gasteiger charge is 2.06. The van der Waals surface area contributed by atoms with E-state index in [0.29, 0.717) is 0 Å². The molecule has 0 aliphatic carbocycles. The Morgan fingerprint density at radius 3 is 1.79 bits per heavy atom. The van der Waals surface area contributed by atoms with E-state index >= 15 is 0 Å². The van der Waals surface area contributed by atoms with E-state index in [1.807, 2.05) is 0 Å². The fraction of sp³-hybridized carbons (Fsp3) is 0.333. The van der Waals surface area contributed by atoms with Crippen LogP contribution in [-0.2, 0) is 23.9 Å². The van der Waals surface area contributed by atoms with Gasteiger partial charge >= 0.3 is 23.9 Å². The number of carbonyl (C=O) groups excluding carboxylic acids is 2. The van der Waals surface area contributed by atoms with E-state index in [2.05, 4.69) is 11.3 Å². The molecule has 106 valence electrons. The second-order valence-corrected chi connectivity index (χ2v) is 3.28. The number of esters is 2. The molecule has 0 spiro atoms. The van der Waals surface area contributed by atoms with Crippen LogP contribution in [0.5, 0.6) is 0 Å². The van der Waals surface area contributed by atoms with Crippen molar-refractivity contribution in [3.8, 4) is 0 Å². The van der Waals surface area contributed by atoms with Crippen LogP contribution < -0.4 is 0 Å². The van der Waals surface area contributed by atoms with Gasteiger partial charge in [0.05, 0.1) is 12.8 Å². The molecule has 0 unspecified atom stereocenters. The summed E-state index contributed by atoms with van der Waals surface area (Å²) in [5.74, 6) is -3.51. The number of rotatable bonds is 5. The van der Waals surface area contributed by atoms with Gasteiger partial charge in [-0.3, -0.25) is 9.59 Å². The lowest BCUT2D eigenvalue weighted by Crippen LogP contribution is -2.09. The number of carboxylic acid groups (broad SMARTS) is 2. The van der Waals surface area contributed by atoms with Gasteiger partial charge in [-0.15, -0.1) is 0 Å². The highest BCUT2D eigenvalue weighted by Crippen LogP contribution is 1.92. The van der Waals surface area contributed by atoms with Gasteiger partial charge in [-0.25, -0.2) is 9.59 Å². The zero-order chi connectivity index (χ0) is 15.4. The molecule has 7 nitrogen and oxygen atoms in total. The van der Waals surface area contributed by atoms with Gasteiger partial charge in [-0.1, -0.05) is 12.7 Å². The molecule has 0 fully saturated rings.